The summed E-state index contributed by atoms with van der Waals surface area (Å²) in [6.07, 6.45) is 0.441. The SMILES string of the molecule is CC.CCC(c1ccc(C(C)(F)F)c(F)c1)n1nc(CO)c2c(=O)[nH]c(C)nc21. The van der Waals surface area contributed by atoms with Crippen LogP contribution in [0.1, 0.15) is 62.8 Å². The van der Waals surface area contributed by atoms with Gasteiger partial charge in [0.2, 0.25) is 0 Å². The van der Waals surface area contributed by atoms with Gasteiger partial charge in [-0.1, -0.05) is 26.8 Å². The largest absolute Gasteiger partial charge is 0.390 e. The summed E-state index contributed by atoms with van der Waals surface area (Å²) in [7, 11) is 0. The van der Waals surface area contributed by atoms with Crippen molar-refractivity contribution in [1.82, 2.24) is 19.7 Å². The van der Waals surface area contributed by atoms with Gasteiger partial charge in [0.25, 0.3) is 11.5 Å². The molecule has 6 nitrogen and oxygen atoms in total. The molecule has 9 heteroatoms. The molecular formula is C20H25F3N4O2. The van der Waals surface area contributed by atoms with Gasteiger partial charge in [-0.3, -0.25) is 4.79 Å². The van der Waals surface area contributed by atoms with Crippen LogP contribution in [0.4, 0.5) is 13.2 Å². The summed E-state index contributed by atoms with van der Waals surface area (Å²) in [4.78, 5) is 19.1. The number of halogens is 3. The molecule has 1 aromatic carbocycles. The van der Waals surface area contributed by atoms with Gasteiger partial charge in [0.05, 0.1) is 18.2 Å². The van der Waals surface area contributed by atoms with Gasteiger partial charge in [-0.2, -0.15) is 5.10 Å². The average molecular weight is 410 g/mol. The van der Waals surface area contributed by atoms with Crippen LogP contribution in [-0.4, -0.2) is 24.9 Å². The fourth-order valence-electron chi connectivity index (χ4n) is 3.20. The molecule has 0 spiro atoms. The predicted octanol–water partition coefficient (Wildman–Crippen LogP) is 4.20. The number of rotatable bonds is 5. The number of hydrogen-bond acceptors (Lipinski definition) is 4. The van der Waals surface area contributed by atoms with Crippen LogP contribution in [0, 0.1) is 12.7 Å². The summed E-state index contributed by atoms with van der Waals surface area (Å²) in [5, 5.41) is 14.0. The fraction of sp³-hybridized carbons (Fsp3) is 0.450. The van der Waals surface area contributed by atoms with E-state index in [-0.39, 0.29) is 16.7 Å². The first-order chi connectivity index (χ1) is 13.7. The number of alkyl halides is 2. The van der Waals surface area contributed by atoms with E-state index in [2.05, 4.69) is 15.1 Å². The first-order valence-corrected chi connectivity index (χ1v) is 9.44. The van der Waals surface area contributed by atoms with Gasteiger partial charge in [-0.25, -0.2) is 22.8 Å². The first-order valence-electron chi connectivity index (χ1n) is 9.44. The zero-order valence-electron chi connectivity index (χ0n) is 17.1. The van der Waals surface area contributed by atoms with Crippen molar-refractivity contribution in [3.63, 3.8) is 0 Å². The van der Waals surface area contributed by atoms with E-state index in [0.717, 1.165) is 12.1 Å². The van der Waals surface area contributed by atoms with Gasteiger partial charge in [0.1, 0.15) is 22.7 Å². The summed E-state index contributed by atoms with van der Waals surface area (Å²) >= 11 is 0. The van der Waals surface area contributed by atoms with E-state index in [4.69, 9.17) is 0 Å². The van der Waals surface area contributed by atoms with Crippen LogP contribution in [0.25, 0.3) is 11.0 Å². The maximum Gasteiger partial charge on any atom is 0.273 e. The van der Waals surface area contributed by atoms with Crippen molar-refractivity contribution in [3.05, 3.63) is 57.0 Å². The molecule has 3 rings (SSSR count). The van der Waals surface area contributed by atoms with E-state index in [0.29, 0.717) is 24.7 Å². The monoisotopic (exact) mass is 410 g/mol. The molecule has 3 aromatic rings. The van der Waals surface area contributed by atoms with Crippen molar-refractivity contribution in [3.8, 4) is 0 Å². The van der Waals surface area contributed by atoms with E-state index >= 15 is 0 Å². The number of aryl methyl sites for hydroxylation is 1. The molecule has 0 radical (unpaired) electrons. The Labute approximate surface area is 166 Å². The van der Waals surface area contributed by atoms with Crippen molar-refractivity contribution in [2.75, 3.05) is 0 Å². The molecule has 0 fully saturated rings. The van der Waals surface area contributed by atoms with Gasteiger partial charge >= 0.3 is 0 Å². The lowest BCUT2D eigenvalue weighted by atomic mass is 10.0. The lowest BCUT2D eigenvalue weighted by Gasteiger charge is -2.19. The van der Waals surface area contributed by atoms with Gasteiger partial charge < -0.3 is 10.1 Å². The Kier molecular flexibility index (Phi) is 6.84. The molecule has 0 aliphatic heterocycles. The zero-order valence-corrected chi connectivity index (χ0v) is 17.1. The van der Waals surface area contributed by atoms with Crippen LogP contribution < -0.4 is 5.56 Å². The van der Waals surface area contributed by atoms with E-state index in [1.165, 1.54) is 10.7 Å². The number of benzene rings is 1. The standard InChI is InChI=1S/C18H19F3N4O2.C2H6/c1-4-14(10-5-6-11(12(19)7-10)18(3,20)21)25-16-15(13(8-26)24-25)17(27)23-9(2)22-16;1-2/h5-7,14,26H,4,8H2,1-3H3,(H,22,23,27);1-2H3. The van der Waals surface area contributed by atoms with Crippen molar-refractivity contribution in [1.29, 1.82) is 0 Å². The third-order valence-electron chi connectivity index (χ3n) is 4.44. The molecule has 0 bridgehead atoms. The summed E-state index contributed by atoms with van der Waals surface area (Å²) in [5.74, 6) is -3.95. The van der Waals surface area contributed by atoms with Crippen LogP contribution in [0.15, 0.2) is 23.0 Å². The smallest absolute Gasteiger partial charge is 0.273 e. The Morgan fingerprint density at radius 1 is 1.31 bits per heavy atom. The topological polar surface area (TPSA) is 83.8 Å². The van der Waals surface area contributed by atoms with Gasteiger partial charge in [-0.15, -0.1) is 0 Å². The number of H-pyrrole nitrogens is 1. The molecule has 2 aromatic heterocycles. The summed E-state index contributed by atoms with van der Waals surface area (Å²) in [6, 6.07) is 2.97. The Morgan fingerprint density at radius 2 is 1.97 bits per heavy atom. The highest BCUT2D eigenvalue weighted by atomic mass is 19.3. The molecule has 0 aliphatic carbocycles. The van der Waals surface area contributed by atoms with E-state index in [1.54, 1.807) is 6.92 Å². The summed E-state index contributed by atoms with van der Waals surface area (Å²) in [5.41, 5.74) is -0.314. The lowest BCUT2D eigenvalue weighted by Crippen LogP contribution is -2.16. The molecule has 1 unspecified atom stereocenters. The molecular weight excluding hydrogens is 385 g/mol. The van der Waals surface area contributed by atoms with Gasteiger partial charge in [0, 0.05) is 6.92 Å². The molecule has 0 aliphatic rings. The minimum Gasteiger partial charge on any atom is -0.390 e. The molecule has 0 amide bonds. The normalized spacial score (nSPS) is 12.6. The first kappa shape index (κ1) is 22.6. The predicted molar refractivity (Wildman–Crippen MR) is 105 cm³/mol. The van der Waals surface area contributed by atoms with Gasteiger partial charge in [0.15, 0.2) is 5.65 Å². The van der Waals surface area contributed by atoms with Crippen LogP contribution in [0.3, 0.4) is 0 Å². The Bertz CT molecular complexity index is 1050. The van der Waals surface area contributed by atoms with Crippen LogP contribution in [0.2, 0.25) is 0 Å². The lowest BCUT2D eigenvalue weighted by molar-refractivity contribution is 0.0137. The van der Waals surface area contributed by atoms with Crippen LogP contribution in [0.5, 0.6) is 0 Å². The highest BCUT2D eigenvalue weighted by Gasteiger charge is 2.29. The second kappa shape index (κ2) is 8.77. The number of aliphatic hydroxyl groups excluding tert-OH is 1. The molecule has 1 atom stereocenters. The van der Waals surface area contributed by atoms with Crippen molar-refractivity contribution < 1.29 is 18.3 Å². The number of aromatic nitrogens is 4. The summed E-state index contributed by atoms with van der Waals surface area (Å²) < 4.78 is 42.6. The van der Waals surface area contributed by atoms with Crippen molar-refractivity contribution >= 4 is 11.0 Å². The van der Waals surface area contributed by atoms with E-state index in [1.807, 2.05) is 20.8 Å². The Morgan fingerprint density at radius 3 is 2.48 bits per heavy atom. The van der Waals surface area contributed by atoms with E-state index in [9.17, 15) is 23.1 Å². The van der Waals surface area contributed by atoms with Gasteiger partial charge in [-0.05, 0) is 31.0 Å². The average Bonchev–Trinajstić information content (AvgIpc) is 3.02. The second-order valence-corrected chi connectivity index (χ2v) is 6.45. The molecule has 0 saturated heterocycles. The fourth-order valence-corrected chi connectivity index (χ4v) is 3.20. The molecule has 2 heterocycles. The highest BCUT2D eigenvalue weighted by Crippen LogP contribution is 2.32. The minimum absolute atomic E-state index is 0.148. The van der Waals surface area contributed by atoms with Crippen LogP contribution >= 0.6 is 0 Å². The van der Waals surface area contributed by atoms with Crippen LogP contribution in [-0.2, 0) is 12.5 Å². The maximum atomic E-state index is 14.3. The highest BCUT2D eigenvalue weighted by molar-refractivity contribution is 5.77. The molecule has 158 valence electrons. The molecule has 29 heavy (non-hydrogen) atoms. The number of hydrogen-bond donors (Lipinski definition) is 2. The second-order valence-electron chi connectivity index (χ2n) is 6.45. The quantitative estimate of drug-likeness (QED) is 0.660. The zero-order chi connectivity index (χ0) is 21.9. The number of aromatic amines is 1. The number of fused-ring (bicyclic) bond motifs is 1. The number of aliphatic hydroxyl groups is 1. The van der Waals surface area contributed by atoms with E-state index < -0.39 is 35.5 Å². The maximum absolute atomic E-state index is 14.3. The minimum atomic E-state index is -3.29. The number of nitrogens with one attached hydrogen (secondary N) is 1. The Hall–Kier alpha value is -2.68. The van der Waals surface area contributed by atoms with Crippen molar-refractivity contribution in [2.24, 2.45) is 0 Å². The summed E-state index contributed by atoms with van der Waals surface area (Å²) in [6.45, 7) is 7.59. The molecule has 0 saturated carbocycles. The third-order valence-corrected chi connectivity index (χ3v) is 4.44. The third kappa shape index (κ3) is 4.34. The molecule has 2 N–H and O–H groups in total. The number of nitrogens with zero attached hydrogens (tertiary/aromatic N) is 3. The van der Waals surface area contributed by atoms with Crippen molar-refractivity contribution in [2.45, 2.75) is 59.6 Å². The Balaban J connectivity index is 0.00000145.